The first-order chi connectivity index (χ1) is 18.2. The Kier molecular flexibility index (Phi) is 6.24. The number of alkyl halides is 3. The third kappa shape index (κ3) is 5.16. The molecule has 10 nitrogen and oxygen atoms in total. The second-order valence-corrected chi connectivity index (χ2v) is 7.94. The minimum atomic E-state index is -4.98. The van der Waals surface area contributed by atoms with Crippen molar-refractivity contribution >= 4 is 22.6 Å². The van der Waals surface area contributed by atoms with Crippen LogP contribution in [0.15, 0.2) is 78.0 Å². The number of nitrogens with zero attached hydrogens (tertiary/aromatic N) is 4. The molecule has 5 rings (SSSR count). The second kappa shape index (κ2) is 9.69. The largest absolute Gasteiger partial charge is 0.573 e. The molecule has 0 saturated heterocycles. The molecule has 38 heavy (non-hydrogen) atoms. The molecule has 2 N–H and O–H groups in total. The topological polar surface area (TPSA) is 124 Å². The molecule has 0 radical (unpaired) electrons. The molecule has 0 atom stereocenters. The van der Waals surface area contributed by atoms with Crippen LogP contribution < -0.4 is 20.3 Å². The molecule has 1 amide bonds. The van der Waals surface area contributed by atoms with Crippen LogP contribution in [0.3, 0.4) is 0 Å². The van der Waals surface area contributed by atoms with Gasteiger partial charge < -0.3 is 19.8 Å². The number of anilines is 1. The van der Waals surface area contributed by atoms with Crippen molar-refractivity contribution in [1.29, 1.82) is 0 Å². The number of hydrogen-bond donors (Lipinski definition) is 2. The first-order valence-electron chi connectivity index (χ1n) is 11.0. The average molecular weight is 522 g/mol. The van der Waals surface area contributed by atoms with E-state index in [-0.39, 0.29) is 16.9 Å². The number of amides is 1. The van der Waals surface area contributed by atoms with Gasteiger partial charge in [0.05, 0.1) is 5.39 Å². The molecule has 0 aliphatic heterocycles. The lowest BCUT2D eigenvalue weighted by molar-refractivity contribution is -0.274. The molecule has 0 spiro atoms. The number of rotatable bonds is 6. The van der Waals surface area contributed by atoms with E-state index in [0.29, 0.717) is 33.0 Å². The molecule has 0 unspecified atom stereocenters. The van der Waals surface area contributed by atoms with Crippen molar-refractivity contribution in [3.63, 3.8) is 0 Å². The Hall–Kier alpha value is -5.20. The van der Waals surface area contributed by atoms with Crippen LogP contribution in [0.25, 0.3) is 16.7 Å². The highest BCUT2D eigenvalue weighted by molar-refractivity contribution is 6.03. The molecule has 0 fully saturated rings. The fourth-order valence-corrected chi connectivity index (χ4v) is 3.62. The number of aromatic nitrogens is 5. The van der Waals surface area contributed by atoms with Crippen LogP contribution in [-0.4, -0.2) is 37.0 Å². The zero-order valence-corrected chi connectivity index (χ0v) is 19.5. The summed E-state index contributed by atoms with van der Waals surface area (Å²) in [7, 11) is 0. The van der Waals surface area contributed by atoms with Crippen molar-refractivity contribution < 1.29 is 27.4 Å². The van der Waals surface area contributed by atoms with Crippen LogP contribution in [0.4, 0.5) is 18.9 Å². The standard InChI is InChI=1S/C25H17F3N6O4/c1-14-12-20(35)34(18-4-2-3-5-19(18)38-25(26,27)28)33-21(14)23(36)32-15-6-8-16(9-7-15)37-24-17-10-11-29-22(17)30-13-31-24/h2-13H,1H3,(H,32,36)(H,29,30,31). The molecule has 0 aliphatic carbocycles. The number of aromatic amines is 1. The normalized spacial score (nSPS) is 11.4. The first kappa shape index (κ1) is 24.5. The molecule has 13 heteroatoms. The summed E-state index contributed by atoms with van der Waals surface area (Å²) >= 11 is 0. The van der Waals surface area contributed by atoms with Crippen LogP contribution in [0.5, 0.6) is 17.4 Å². The van der Waals surface area contributed by atoms with E-state index in [0.717, 1.165) is 12.1 Å². The summed E-state index contributed by atoms with van der Waals surface area (Å²) in [5.41, 5.74) is 0.0682. The number of H-pyrrole nitrogens is 1. The Balaban J connectivity index is 1.37. The maximum absolute atomic E-state index is 13.0. The molecule has 0 aliphatic rings. The molecule has 5 aromatic rings. The van der Waals surface area contributed by atoms with Gasteiger partial charge >= 0.3 is 6.36 Å². The lowest BCUT2D eigenvalue weighted by Crippen LogP contribution is -2.28. The van der Waals surface area contributed by atoms with E-state index in [1.54, 1.807) is 36.5 Å². The van der Waals surface area contributed by atoms with Gasteiger partial charge in [-0.05, 0) is 55.0 Å². The Bertz CT molecular complexity index is 1700. The van der Waals surface area contributed by atoms with E-state index >= 15 is 0 Å². The molecular weight excluding hydrogens is 505 g/mol. The number of benzene rings is 2. The smallest absolute Gasteiger partial charge is 0.438 e. The van der Waals surface area contributed by atoms with Crippen LogP contribution >= 0.6 is 0 Å². The van der Waals surface area contributed by atoms with Crippen molar-refractivity contribution in [3.8, 4) is 23.1 Å². The minimum Gasteiger partial charge on any atom is -0.438 e. The van der Waals surface area contributed by atoms with Crippen molar-refractivity contribution in [1.82, 2.24) is 24.7 Å². The van der Waals surface area contributed by atoms with Gasteiger partial charge in [0.1, 0.15) is 23.4 Å². The lowest BCUT2D eigenvalue weighted by atomic mass is 10.2. The number of aryl methyl sites for hydroxylation is 1. The lowest BCUT2D eigenvalue weighted by Gasteiger charge is -2.15. The highest BCUT2D eigenvalue weighted by atomic mass is 19.4. The number of halogens is 3. The summed E-state index contributed by atoms with van der Waals surface area (Å²) in [6.45, 7) is 1.49. The summed E-state index contributed by atoms with van der Waals surface area (Å²) in [6.07, 6.45) is -1.90. The van der Waals surface area contributed by atoms with Gasteiger partial charge in [-0.15, -0.1) is 13.2 Å². The Morgan fingerprint density at radius 2 is 1.82 bits per heavy atom. The van der Waals surface area contributed by atoms with E-state index in [1.807, 2.05) is 0 Å². The quantitative estimate of drug-likeness (QED) is 0.330. The van der Waals surface area contributed by atoms with Crippen molar-refractivity contribution in [2.45, 2.75) is 13.3 Å². The number of hydrogen-bond acceptors (Lipinski definition) is 7. The molecule has 192 valence electrons. The Morgan fingerprint density at radius 3 is 2.58 bits per heavy atom. The van der Waals surface area contributed by atoms with E-state index < -0.39 is 23.6 Å². The van der Waals surface area contributed by atoms with E-state index in [1.165, 1.54) is 31.5 Å². The Morgan fingerprint density at radius 1 is 1.05 bits per heavy atom. The highest BCUT2D eigenvalue weighted by Gasteiger charge is 2.32. The van der Waals surface area contributed by atoms with Gasteiger partial charge in [0, 0.05) is 18.0 Å². The second-order valence-electron chi connectivity index (χ2n) is 7.94. The number of carbonyl (C=O) groups is 1. The van der Waals surface area contributed by atoms with Gasteiger partial charge in [-0.2, -0.15) is 9.78 Å². The van der Waals surface area contributed by atoms with Gasteiger partial charge in [0.15, 0.2) is 11.4 Å². The van der Waals surface area contributed by atoms with Gasteiger partial charge in [0.2, 0.25) is 5.88 Å². The van der Waals surface area contributed by atoms with E-state index in [2.05, 4.69) is 30.1 Å². The minimum absolute atomic E-state index is 0.164. The summed E-state index contributed by atoms with van der Waals surface area (Å²) in [5.74, 6) is -0.511. The van der Waals surface area contributed by atoms with Crippen molar-refractivity contribution in [2.75, 3.05) is 5.32 Å². The van der Waals surface area contributed by atoms with Crippen molar-refractivity contribution in [3.05, 3.63) is 94.8 Å². The maximum atomic E-state index is 13.0. The fraction of sp³-hybridized carbons (Fsp3) is 0.0800. The molecule has 2 aromatic carbocycles. The zero-order valence-electron chi connectivity index (χ0n) is 19.5. The predicted octanol–water partition coefficient (Wildman–Crippen LogP) is 4.76. The van der Waals surface area contributed by atoms with Gasteiger partial charge in [0.25, 0.3) is 11.5 Å². The molecular formula is C25H17F3N6O4. The average Bonchev–Trinajstić information content (AvgIpc) is 3.35. The molecule has 0 bridgehead atoms. The third-order valence-corrected chi connectivity index (χ3v) is 5.30. The predicted molar refractivity (Wildman–Crippen MR) is 130 cm³/mol. The Labute approximate surface area is 211 Å². The van der Waals surface area contributed by atoms with Crippen LogP contribution in [0.1, 0.15) is 16.1 Å². The fourth-order valence-electron chi connectivity index (χ4n) is 3.62. The number of nitrogens with one attached hydrogen (secondary N) is 2. The molecule has 0 saturated carbocycles. The van der Waals surface area contributed by atoms with Gasteiger partial charge in [-0.25, -0.2) is 9.97 Å². The monoisotopic (exact) mass is 522 g/mol. The van der Waals surface area contributed by atoms with E-state index in [4.69, 9.17) is 4.74 Å². The van der Waals surface area contributed by atoms with Crippen LogP contribution in [-0.2, 0) is 0 Å². The first-order valence-corrected chi connectivity index (χ1v) is 11.0. The zero-order chi connectivity index (χ0) is 26.9. The highest BCUT2D eigenvalue weighted by Crippen LogP contribution is 2.29. The van der Waals surface area contributed by atoms with Gasteiger partial charge in [-0.3, -0.25) is 9.59 Å². The summed E-state index contributed by atoms with van der Waals surface area (Å²) in [5, 5.41) is 7.38. The maximum Gasteiger partial charge on any atom is 0.573 e. The number of fused-ring (bicyclic) bond motifs is 1. The van der Waals surface area contributed by atoms with Gasteiger partial charge in [-0.1, -0.05) is 12.1 Å². The summed E-state index contributed by atoms with van der Waals surface area (Å²) < 4.78 is 49.1. The summed E-state index contributed by atoms with van der Waals surface area (Å²) in [6, 6.07) is 14.3. The SMILES string of the molecule is Cc1cc(=O)n(-c2ccccc2OC(F)(F)F)nc1C(=O)Nc1ccc(Oc2ncnc3[nH]ccc23)cc1. The number of ether oxygens (including phenoxy) is 2. The molecule has 3 aromatic heterocycles. The van der Waals surface area contributed by atoms with E-state index in [9.17, 15) is 22.8 Å². The molecule has 3 heterocycles. The third-order valence-electron chi connectivity index (χ3n) is 5.30. The van der Waals surface area contributed by atoms with Crippen LogP contribution in [0, 0.1) is 6.92 Å². The van der Waals surface area contributed by atoms with Crippen LogP contribution in [0.2, 0.25) is 0 Å². The summed E-state index contributed by atoms with van der Waals surface area (Å²) in [4.78, 5) is 36.7. The number of carbonyl (C=O) groups excluding carboxylic acids is 1. The number of para-hydroxylation sites is 2. The van der Waals surface area contributed by atoms with Crippen molar-refractivity contribution in [2.24, 2.45) is 0 Å².